The summed E-state index contributed by atoms with van der Waals surface area (Å²) >= 11 is 0. The van der Waals surface area contributed by atoms with Crippen LogP contribution in [0.25, 0.3) is 0 Å². The quantitative estimate of drug-likeness (QED) is 0.912. The highest BCUT2D eigenvalue weighted by molar-refractivity contribution is 5.28. The van der Waals surface area contributed by atoms with Crippen LogP contribution in [0.1, 0.15) is 36.4 Å². The van der Waals surface area contributed by atoms with Gasteiger partial charge in [-0.25, -0.2) is 8.78 Å². The Morgan fingerprint density at radius 2 is 1.90 bits per heavy atom. The molecule has 1 aromatic carbocycles. The van der Waals surface area contributed by atoms with Crippen molar-refractivity contribution in [1.29, 1.82) is 0 Å². The molecule has 20 heavy (non-hydrogen) atoms. The molecule has 2 aliphatic rings. The lowest BCUT2D eigenvalue weighted by molar-refractivity contribution is 0.156. The molecule has 1 aliphatic heterocycles. The van der Waals surface area contributed by atoms with Crippen LogP contribution in [-0.2, 0) is 0 Å². The van der Waals surface area contributed by atoms with Crippen molar-refractivity contribution in [1.82, 2.24) is 10.2 Å². The fourth-order valence-corrected chi connectivity index (χ4v) is 3.05. The van der Waals surface area contributed by atoms with Gasteiger partial charge in [0.15, 0.2) is 11.6 Å². The average molecular weight is 280 g/mol. The zero-order valence-corrected chi connectivity index (χ0v) is 12.0. The molecule has 4 heteroatoms. The second kappa shape index (κ2) is 5.78. The standard InChI is InChI=1S/C16H22F2N2/c1-11-2-5-13(16(18)15(11)17)14(10-12-3-4-12)20-8-6-19-7-9-20/h2,5,12,14,19H,3-4,6-10H2,1H3/t14-/m0/s1. The van der Waals surface area contributed by atoms with Crippen molar-refractivity contribution >= 4 is 0 Å². The number of nitrogens with zero attached hydrogens (tertiary/aromatic N) is 1. The fourth-order valence-electron chi connectivity index (χ4n) is 3.05. The molecule has 1 aromatic rings. The van der Waals surface area contributed by atoms with Crippen molar-refractivity contribution in [2.75, 3.05) is 26.2 Å². The topological polar surface area (TPSA) is 15.3 Å². The van der Waals surface area contributed by atoms with Crippen LogP contribution in [0.2, 0.25) is 0 Å². The minimum atomic E-state index is -0.682. The fraction of sp³-hybridized carbons (Fsp3) is 0.625. The highest BCUT2D eigenvalue weighted by Crippen LogP contribution is 2.41. The summed E-state index contributed by atoms with van der Waals surface area (Å²) in [5.41, 5.74) is 0.929. The molecular weight excluding hydrogens is 258 g/mol. The summed E-state index contributed by atoms with van der Waals surface area (Å²) in [6.45, 7) is 5.29. The van der Waals surface area contributed by atoms with Gasteiger partial charge < -0.3 is 5.32 Å². The molecule has 1 heterocycles. The molecule has 2 fully saturated rings. The molecule has 1 saturated heterocycles. The molecule has 1 aliphatic carbocycles. The first-order chi connectivity index (χ1) is 9.66. The van der Waals surface area contributed by atoms with Gasteiger partial charge in [0.2, 0.25) is 0 Å². The summed E-state index contributed by atoms with van der Waals surface area (Å²) in [5, 5.41) is 3.32. The van der Waals surface area contributed by atoms with E-state index in [1.807, 2.05) is 0 Å². The smallest absolute Gasteiger partial charge is 0.163 e. The normalized spacial score (nSPS) is 21.9. The highest BCUT2D eigenvalue weighted by Gasteiger charge is 2.32. The van der Waals surface area contributed by atoms with Crippen LogP contribution in [0.3, 0.4) is 0 Å². The van der Waals surface area contributed by atoms with Crippen LogP contribution < -0.4 is 5.32 Å². The van der Waals surface area contributed by atoms with Crippen molar-refractivity contribution in [3.05, 3.63) is 34.9 Å². The first-order valence-electron chi connectivity index (χ1n) is 7.56. The maximum Gasteiger partial charge on any atom is 0.163 e. The predicted molar refractivity (Wildman–Crippen MR) is 75.6 cm³/mol. The lowest BCUT2D eigenvalue weighted by atomic mass is 9.97. The van der Waals surface area contributed by atoms with Crippen molar-refractivity contribution in [2.45, 2.75) is 32.2 Å². The van der Waals surface area contributed by atoms with Crippen LogP contribution in [0.15, 0.2) is 12.1 Å². The van der Waals surface area contributed by atoms with Gasteiger partial charge in [0, 0.05) is 37.8 Å². The number of halogens is 2. The molecule has 0 radical (unpaired) electrons. The monoisotopic (exact) mass is 280 g/mol. The van der Waals surface area contributed by atoms with E-state index in [-0.39, 0.29) is 6.04 Å². The number of aryl methyl sites for hydroxylation is 1. The van der Waals surface area contributed by atoms with Crippen LogP contribution in [-0.4, -0.2) is 31.1 Å². The van der Waals surface area contributed by atoms with E-state index >= 15 is 0 Å². The zero-order chi connectivity index (χ0) is 14.1. The SMILES string of the molecule is Cc1ccc([C@H](CC2CC2)N2CCNCC2)c(F)c1F. The molecule has 0 unspecified atom stereocenters. The lowest BCUT2D eigenvalue weighted by Gasteiger charge is -2.35. The third-order valence-electron chi connectivity index (χ3n) is 4.51. The van der Waals surface area contributed by atoms with Crippen LogP contribution >= 0.6 is 0 Å². The van der Waals surface area contributed by atoms with E-state index in [1.165, 1.54) is 12.8 Å². The van der Waals surface area contributed by atoms with E-state index in [0.29, 0.717) is 17.0 Å². The molecule has 3 rings (SSSR count). The summed E-state index contributed by atoms with van der Waals surface area (Å²) in [5.74, 6) is -0.633. The summed E-state index contributed by atoms with van der Waals surface area (Å²) in [6, 6.07) is 3.51. The van der Waals surface area contributed by atoms with Gasteiger partial charge in [-0.15, -0.1) is 0 Å². The maximum atomic E-state index is 14.3. The Morgan fingerprint density at radius 3 is 2.55 bits per heavy atom. The van der Waals surface area contributed by atoms with Gasteiger partial charge in [-0.05, 0) is 24.8 Å². The second-order valence-corrected chi connectivity index (χ2v) is 6.08. The van der Waals surface area contributed by atoms with Gasteiger partial charge in [-0.2, -0.15) is 0 Å². The molecule has 1 atom stereocenters. The minimum Gasteiger partial charge on any atom is -0.314 e. The van der Waals surface area contributed by atoms with Gasteiger partial charge in [0.05, 0.1) is 0 Å². The molecular formula is C16H22F2N2. The Hall–Kier alpha value is -1.00. The van der Waals surface area contributed by atoms with E-state index in [2.05, 4.69) is 10.2 Å². The molecule has 0 bridgehead atoms. The Kier molecular flexibility index (Phi) is 4.03. The maximum absolute atomic E-state index is 14.3. The molecule has 0 amide bonds. The summed E-state index contributed by atoms with van der Waals surface area (Å²) < 4.78 is 28.2. The average Bonchev–Trinajstić information content (AvgIpc) is 3.28. The summed E-state index contributed by atoms with van der Waals surface area (Å²) in [4.78, 5) is 2.31. The summed E-state index contributed by atoms with van der Waals surface area (Å²) in [7, 11) is 0. The van der Waals surface area contributed by atoms with Crippen LogP contribution in [0.5, 0.6) is 0 Å². The number of hydrogen-bond donors (Lipinski definition) is 1. The lowest BCUT2D eigenvalue weighted by Crippen LogP contribution is -2.45. The zero-order valence-electron chi connectivity index (χ0n) is 12.0. The van der Waals surface area contributed by atoms with Crippen LogP contribution in [0.4, 0.5) is 8.78 Å². The van der Waals surface area contributed by atoms with Gasteiger partial charge in [0.25, 0.3) is 0 Å². The van der Waals surface area contributed by atoms with E-state index in [4.69, 9.17) is 0 Å². The summed E-state index contributed by atoms with van der Waals surface area (Å²) in [6.07, 6.45) is 3.43. The van der Waals surface area contributed by atoms with E-state index in [0.717, 1.165) is 32.6 Å². The molecule has 0 spiro atoms. The third kappa shape index (κ3) is 2.86. The molecule has 1 saturated carbocycles. The Morgan fingerprint density at radius 1 is 1.20 bits per heavy atom. The van der Waals surface area contributed by atoms with Crippen molar-refractivity contribution < 1.29 is 8.78 Å². The molecule has 110 valence electrons. The van der Waals surface area contributed by atoms with Gasteiger partial charge in [0.1, 0.15) is 0 Å². The minimum absolute atomic E-state index is 0.0275. The van der Waals surface area contributed by atoms with Gasteiger partial charge in [-0.3, -0.25) is 4.90 Å². The second-order valence-electron chi connectivity index (χ2n) is 6.08. The number of nitrogens with one attached hydrogen (secondary N) is 1. The van der Waals surface area contributed by atoms with Crippen molar-refractivity contribution in [3.8, 4) is 0 Å². The Bertz CT molecular complexity index is 480. The molecule has 1 N–H and O–H groups in total. The first-order valence-corrected chi connectivity index (χ1v) is 7.56. The Labute approximate surface area is 119 Å². The van der Waals surface area contributed by atoms with E-state index < -0.39 is 11.6 Å². The number of piperazine rings is 1. The van der Waals surface area contributed by atoms with E-state index in [1.54, 1.807) is 19.1 Å². The first kappa shape index (κ1) is 14.0. The number of hydrogen-bond acceptors (Lipinski definition) is 2. The molecule has 2 nitrogen and oxygen atoms in total. The third-order valence-corrected chi connectivity index (χ3v) is 4.51. The largest absolute Gasteiger partial charge is 0.314 e. The molecule has 0 aromatic heterocycles. The highest BCUT2D eigenvalue weighted by atomic mass is 19.2. The van der Waals surface area contributed by atoms with Crippen molar-refractivity contribution in [3.63, 3.8) is 0 Å². The number of benzene rings is 1. The number of rotatable bonds is 4. The van der Waals surface area contributed by atoms with Crippen LogP contribution in [0, 0.1) is 24.5 Å². The predicted octanol–water partition coefficient (Wildman–Crippen LogP) is 3.02. The van der Waals surface area contributed by atoms with E-state index in [9.17, 15) is 8.78 Å². The van der Waals surface area contributed by atoms with Gasteiger partial charge in [-0.1, -0.05) is 25.0 Å². The van der Waals surface area contributed by atoms with Gasteiger partial charge >= 0.3 is 0 Å². The van der Waals surface area contributed by atoms with Crippen molar-refractivity contribution in [2.24, 2.45) is 5.92 Å². The Balaban J connectivity index is 1.89.